The van der Waals surface area contributed by atoms with Gasteiger partial charge < -0.3 is 9.47 Å². The summed E-state index contributed by atoms with van der Waals surface area (Å²) in [6.07, 6.45) is -0.632. The first-order chi connectivity index (χ1) is 23.5. The number of rotatable bonds is 10. The second-order valence-corrected chi connectivity index (χ2v) is 23.5. The van der Waals surface area contributed by atoms with Gasteiger partial charge in [0.15, 0.2) is 9.84 Å². The summed E-state index contributed by atoms with van der Waals surface area (Å²) >= 11 is 0.701. The fourth-order valence-electron chi connectivity index (χ4n) is 6.41. The molecule has 14 heteroatoms. The molecule has 3 aromatic carbocycles. The van der Waals surface area contributed by atoms with E-state index in [2.05, 4.69) is 4.39 Å². The maximum Gasteiger partial charge on any atom is 0.413 e. The van der Waals surface area contributed by atoms with E-state index in [9.17, 15) is 26.4 Å². The molecular weight excluding hydrogens is 713 g/mol. The SMILES string of the molecule is CCN(C(=O)OC(C)OC(=O)c1ccccc1)[C@H]1C=C(S(=O)(=O)N[Si](c2ccccc2)(c2ccccc2)C(C)(C)C)SC2=C1C[C@H](C)S2(=O)=O. The summed E-state index contributed by atoms with van der Waals surface area (Å²) in [6.45, 7) is 10.7. The van der Waals surface area contributed by atoms with Crippen LogP contribution in [0, 0.1) is 0 Å². The number of benzene rings is 3. The van der Waals surface area contributed by atoms with Crippen molar-refractivity contribution < 1.29 is 35.9 Å². The fraction of sp³-hybridized carbons (Fsp3) is 0.333. The Morgan fingerprint density at radius 2 is 1.46 bits per heavy atom. The van der Waals surface area contributed by atoms with Crippen molar-refractivity contribution in [2.24, 2.45) is 0 Å². The van der Waals surface area contributed by atoms with E-state index >= 15 is 0 Å². The molecule has 266 valence electrons. The average molecular weight is 755 g/mol. The van der Waals surface area contributed by atoms with E-state index in [0.717, 1.165) is 10.4 Å². The minimum absolute atomic E-state index is 0.0463. The second-order valence-electron chi connectivity index (χ2n) is 13.3. The van der Waals surface area contributed by atoms with Gasteiger partial charge in [0.25, 0.3) is 0 Å². The van der Waals surface area contributed by atoms with Crippen molar-refractivity contribution in [3.05, 3.63) is 117 Å². The summed E-state index contributed by atoms with van der Waals surface area (Å²) < 4.78 is 70.5. The van der Waals surface area contributed by atoms with Crippen LogP contribution in [0.5, 0.6) is 0 Å². The van der Waals surface area contributed by atoms with Gasteiger partial charge in [-0.1, -0.05) is 111 Å². The molecule has 1 amide bonds. The zero-order valence-electron chi connectivity index (χ0n) is 28.8. The van der Waals surface area contributed by atoms with Crippen LogP contribution < -0.4 is 14.8 Å². The lowest BCUT2D eigenvalue weighted by atomic mass is 10.0. The second kappa shape index (κ2) is 14.5. The number of hydrogen-bond acceptors (Lipinski definition) is 9. The minimum atomic E-state index is -4.41. The Bertz CT molecular complexity index is 1980. The number of thioether (sulfide) groups is 1. The summed E-state index contributed by atoms with van der Waals surface area (Å²) in [7, 11) is -11.7. The van der Waals surface area contributed by atoms with Crippen molar-refractivity contribution in [1.82, 2.24) is 9.29 Å². The van der Waals surface area contributed by atoms with Crippen LogP contribution in [0.25, 0.3) is 0 Å². The highest BCUT2D eigenvalue weighted by Crippen LogP contribution is 2.49. The number of nitrogens with one attached hydrogen (secondary N) is 1. The Morgan fingerprint density at radius 1 is 0.940 bits per heavy atom. The number of carbonyl (C=O) groups excluding carboxylic acids is 2. The van der Waals surface area contributed by atoms with Gasteiger partial charge in [0.05, 0.1) is 16.9 Å². The topological polar surface area (TPSA) is 136 Å². The molecule has 0 fully saturated rings. The van der Waals surface area contributed by atoms with Crippen molar-refractivity contribution in [2.45, 2.75) is 70.6 Å². The van der Waals surface area contributed by atoms with Crippen LogP contribution in [0.15, 0.2) is 111 Å². The smallest absolute Gasteiger partial charge is 0.413 e. The third kappa shape index (κ3) is 7.22. The summed E-state index contributed by atoms with van der Waals surface area (Å²) in [5, 5.41) is 0.260. The van der Waals surface area contributed by atoms with Crippen LogP contribution in [-0.2, 0) is 29.3 Å². The molecule has 0 aliphatic carbocycles. The normalized spacial score (nSPS) is 19.6. The van der Waals surface area contributed by atoms with Crippen molar-refractivity contribution in [3.63, 3.8) is 0 Å². The minimum Gasteiger partial charge on any atom is -0.422 e. The number of esters is 1. The van der Waals surface area contributed by atoms with Crippen molar-refractivity contribution >= 4 is 62.3 Å². The Balaban J connectivity index is 1.55. The molecule has 0 saturated heterocycles. The van der Waals surface area contributed by atoms with Gasteiger partial charge >= 0.3 is 12.1 Å². The van der Waals surface area contributed by atoms with Crippen LogP contribution in [-0.4, -0.2) is 66.2 Å². The first-order valence-corrected chi connectivity index (χ1v) is 22.1. The summed E-state index contributed by atoms with van der Waals surface area (Å²) in [5.41, 5.74) is 0.692. The molecule has 10 nitrogen and oxygen atoms in total. The van der Waals surface area contributed by atoms with Crippen LogP contribution in [0.3, 0.4) is 0 Å². The molecule has 3 atom stereocenters. The molecule has 0 radical (unpaired) electrons. The van der Waals surface area contributed by atoms with E-state index in [0.29, 0.717) is 17.3 Å². The lowest BCUT2D eigenvalue weighted by Gasteiger charge is -2.44. The molecule has 0 bridgehead atoms. The first-order valence-electron chi connectivity index (χ1n) is 16.3. The monoisotopic (exact) mass is 754 g/mol. The Morgan fingerprint density at radius 3 is 1.96 bits per heavy atom. The number of carbonyl (C=O) groups is 2. The molecule has 0 spiro atoms. The highest BCUT2D eigenvalue weighted by atomic mass is 32.3. The zero-order chi connectivity index (χ0) is 36.5. The van der Waals surface area contributed by atoms with E-state index in [1.165, 1.54) is 17.9 Å². The number of sulfone groups is 1. The van der Waals surface area contributed by atoms with Gasteiger partial charge in [-0.25, -0.2) is 30.8 Å². The van der Waals surface area contributed by atoms with E-state index in [1.54, 1.807) is 44.2 Å². The van der Waals surface area contributed by atoms with Gasteiger partial charge in [-0.2, -0.15) is 0 Å². The molecule has 2 heterocycles. The molecule has 2 aliphatic rings. The summed E-state index contributed by atoms with van der Waals surface area (Å²) in [4.78, 5) is 27.5. The van der Waals surface area contributed by atoms with Crippen LogP contribution in [0.1, 0.15) is 58.3 Å². The van der Waals surface area contributed by atoms with Crippen LogP contribution >= 0.6 is 11.8 Å². The van der Waals surface area contributed by atoms with Crippen LogP contribution in [0.2, 0.25) is 5.04 Å². The molecule has 0 saturated carbocycles. The highest BCUT2D eigenvalue weighted by Gasteiger charge is 2.53. The number of sulfonamides is 1. The number of hydrogen-bond donors (Lipinski definition) is 1. The number of likely N-dealkylation sites (N-methyl/N-ethyl adjacent to an activating group) is 1. The van der Waals surface area contributed by atoms with Gasteiger partial charge in [0.1, 0.15) is 8.47 Å². The Hall–Kier alpha value is -3.69. The van der Waals surface area contributed by atoms with E-state index in [4.69, 9.17) is 9.47 Å². The molecule has 3 aromatic rings. The molecule has 0 aromatic heterocycles. The molecule has 5 rings (SSSR count). The standard InChI is InChI=1S/C36H42N2O8S3Si/c1-7-38(35(40)46-26(3)45-33(39)27-17-11-8-12-18-27)31-24-32(47-34-30(31)23-25(2)48(34,41)42)49(43,44)37-50(36(4,5)6,28-19-13-9-14-20-28)29-21-15-10-16-22-29/h8-22,24-26,31,37H,7,23H2,1-6H3/t25-,26?,31-/m0/s1. The van der Waals surface area contributed by atoms with Crippen LogP contribution in [0.4, 0.5) is 4.79 Å². The Kier molecular flexibility index (Phi) is 10.9. The van der Waals surface area contributed by atoms with Gasteiger partial charge in [-0.05, 0) is 59.5 Å². The van der Waals surface area contributed by atoms with Gasteiger partial charge in [-0.3, -0.25) is 4.90 Å². The number of amides is 1. The number of ether oxygens (including phenoxy) is 2. The quantitative estimate of drug-likeness (QED) is 0.162. The highest BCUT2D eigenvalue weighted by molar-refractivity contribution is 8.28. The molecule has 50 heavy (non-hydrogen) atoms. The third-order valence-electron chi connectivity index (χ3n) is 8.95. The van der Waals surface area contributed by atoms with Crippen molar-refractivity contribution in [3.8, 4) is 0 Å². The summed E-state index contributed by atoms with van der Waals surface area (Å²) in [6, 6.07) is 26.1. The van der Waals surface area contributed by atoms with E-state index < -0.39 is 62.8 Å². The predicted molar refractivity (Wildman–Crippen MR) is 199 cm³/mol. The number of nitrogens with zero attached hydrogens (tertiary/aromatic N) is 1. The molecule has 1 N–H and O–H groups in total. The van der Waals surface area contributed by atoms with E-state index in [-0.39, 0.29) is 27.0 Å². The lowest BCUT2D eigenvalue weighted by Crippen LogP contribution is -2.74. The fourth-order valence-corrected chi connectivity index (χ4v) is 18.8. The molecule has 1 unspecified atom stereocenters. The summed E-state index contributed by atoms with van der Waals surface area (Å²) in [5.74, 6) is -0.689. The zero-order valence-corrected chi connectivity index (χ0v) is 32.3. The largest absolute Gasteiger partial charge is 0.422 e. The maximum absolute atomic E-state index is 14.8. The Labute approximate surface area is 300 Å². The van der Waals surface area contributed by atoms with Gasteiger partial charge in [-0.15, -0.1) is 0 Å². The lowest BCUT2D eigenvalue weighted by molar-refractivity contribution is -0.0698. The maximum atomic E-state index is 14.8. The molecular formula is C36H42N2O8S3Si. The first kappa shape index (κ1) is 37.6. The van der Waals surface area contributed by atoms with Crippen molar-refractivity contribution in [2.75, 3.05) is 6.54 Å². The average Bonchev–Trinajstić information content (AvgIpc) is 3.31. The predicted octanol–water partition coefficient (Wildman–Crippen LogP) is 5.50. The van der Waals surface area contributed by atoms with Gasteiger partial charge in [0.2, 0.25) is 24.5 Å². The molecule has 2 aliphatic heterocycles. The third-order valence-corrected chi connectivity index (χ3v) is 21.2. The van der Waals surface area contributed by atoms with Gasteiger partial charge in [0, 0.05) is 13.5 Å². The van der Waals surface area contributed by atoms with Crippen molar-refractivity contribution in [1.29, 1.82) is 0 Å². The van der Waals surface area contributed by atoms with E-state index in [1.807, 2.05) is 81.4 Å².